The molecule has 0 fully saturated rings. The normalized spacial score (nSPS) is 11.1. The Labute approximate surface area is 101 Å². The van der Waals surface area contributed by atoms with E-state index in [1.165, 1.54) is 10.1 Å². The summed E-state index contributed by atoms with van der Waals surface area (Å²) in [6.45, 7) is 0. The minimum absolute atomic E-state index is 0.392. The molecule has 1 aromatic heterocycles. The van der Waals surface area contributed by atoms with Crippen molar-refractivity contribution in [2.24, 2.45) is 0 Å². The van der Waals surface area contributed by atoms with E-state index >= 15 is 0 Å². The van der Waals surface area contributed by atoms with Crippen molar-refractivity contribution in [1.82, 2.24) is 0 Å². The second-order valence-electron chi connectivity index (χ2n) is 3.55. The maximum atomic E-state index is 11.3. The van der Waals surface area contributed by atoms with Gasteiger partial charge in [0.1, 0.15) is 0 Å². The molecule has 1 nitrogen and oxygen atoms in total. The third-order valence-electron chi connectivity index (χ3n) is 2.62. The van der Waals surface area contributed by atoms with Crippen molar-refractivity contribution < 1.29 is 4.79 Å². The zero-order valence-corrected chi connectivity index (χ0v) is 9.81. The molecule has 0 amide bonds. The highest BCUT2D eigenvalue weighted by Gasteiger charge is 2.11. The lowest BCUT2D eigenvalue weighted by molar-refractivity contribution is 0.108. The van der Waals surface area contributed by atoms with E-state index in [-0.39, 0.29) is 0 Å². The van der Waals surface area contributed by atoms with Gasteiger partial charge >= 0.3 is 0 Å². The van der Waals surface area contributed by atoms with E-state index < -0.39 is 5.24 Å². The first-order valence-corrected chi connectivity index (χ1v) is 6.07. The first-order valence-electron chi connectivity index (χ1n) is 4.87. The molecule has 0 aliphatic heterocycles. The summed E-state index contributed by atoms with van der Waals surface area (Å²) < 4.78 is 2.16. The molecule has 2 aromatic carbocycles. The van der Waals surface area contributed by atoms with Gasteiger partial charge in [0.05, 0.1) is 5.56 Å². The van der Waals surface area contributed by atoms with Crippen LogP contribution in [0.4, 0.5) is 0 Å². The van der Waals surface area contributed by atoms with Gasteiger partial charge in [0, 0.05) is 20.2 Å². The molecule has 3 heteroatoms. The first kappa shape index (κ1) is 9.82. The van der Waals surface area contributed by atoms with Gasteiger partial charge in [-0.3, -0.25) is 4.79 Å². The van der Waals surface area contributed by atoms with Crippen LogP contribution in [0, 0.1) is 0 Å². The number of hydrogen-bond acceptors (Lipinski definition) is 2. The lowest BCUT2D eigenvalue weighted by Gasteiger charge is -1.95. The highest BCUT2D eigenvalue weighted by atomic mass is 35.5. The van der Waals surface area contributed by atoms with Crippen molar-refractivity contribution in [2.45, 2.75) is 0 Å². The van der Waals surface area contributed by atoms with Crippen LogP contribution >= 0.6 is 22.9 Å². The number of carbonyl (C=O) groups excluding carboxylic acids is 1. The summed E-state index contributed by atoms with van der Waals surface area (Å²) in [6, 6.07) is 13.8. The van der Waals surface area contributed by atoms with E-state index in [0.717, 1.165) is 10.1 Å². The number of rotatable bonds is 1. The molecule has 0 radical (unpaired) electrons. The summed E-state index contributed by atoms with van der Waals surface area (Å²) in [5, 5.41) is 1.89. The minimum Gasteiger partial charge on any atom is -0.276 e. The van der Waals surface area contributed by atoms with Crippen LogP contribution in [0.25, 0.3) is 20.2 Å². The topological polar surface area (TPSA) is 17.1 Å². The third-order valence-corrected chi connectivity index (χ3v) is 4.04. The highest BCUT2D eigenvalue weighted by Crippen LogP contribution is 2.35. The van der Waals surface area contributed by atoms with Gasteiger partial charge in [-0.25, -0.2) is 0 Å². The maximum Gasteiger partial charge on any atom is 0.253 e. The van der Waals surface area contributed by atoms with Gasteiger partial charge in [0.25, 0.3) is 5.24 Å². The Morgan fingerprint density at radius 3 is 2.56 bits per heavy atom. The van der Waals surface area contributed by atoms with E-state index in [2.05, 4.69) is 12.1 Å². The molecule has 0 N–H and O–H groups in total. The molecule has 0 unspecified atom stereocenters. The Bertz CT molecular complexity index is 699. The van der Waals surface area contributed by atoms with Crippen molar-refractivity contribution in [3.8, 4) is 0 Å². The molecule has 0 atom stereocenters. The number of halogens is 1. The number of fused-ring (bicyclic) bond motifs is 3. The van der Waals surface area contributed by atoms with Gasteiger partial charge in [-0.15, -0.1) is 11.3 Å². The quantitative estimate of drug-likeness (QED) is 0.581. The molecule has 1 heterocycles. The standard InChI is InChI=1S/C13H7ClOS/c14-13(15)10-6-3-5-9-8-4-1-2-7-11(8)16-12(9)10/h1-7H. The molecule has 0 aliphatic rings. The SMILES string of the molecule is O=C(Cl)c1cccc2c1sc1ccccc12. The van der Waals surface area contributed by atoms with Crippen molar-refractivity contribution in [3.63, 3.8) is 0 Å². The van der Waals surface area contributed by atoms with E-state index in [1.807, 2.05) is 24.3 Å². The molecule has 0 bridgehead atoms. The van der Waals surface area contributed by atoms with Crippen LogP contribution in [-0.2, 0) is 0 Å². The number of carbonyl (C=O) groups is 1. The van der Waals surface area contributed by atoms with Crippen LogP contribution in [-0.4, -0.2) is 5.24 Å². The summed E-state index contributed by atoms with van der Waals surface area (Å²) in [7, 11) is 0. The average molecular weight is 247 g/mol. The monoisotopic (exact) mass is 246 g/mol. The predicted octanol–water partition coefficient (Wildman–Crippen LogP) is 4.43. The Morgan fingerprint density at radius 2 is 1.75 bits per heavy atom. The molecule has 0 aliphatic carbocycles. The summed E-state index contributed by atoms with van der Waals surface area (Å²) in [4.78, 5) is 11.3. The lowest BCUT2D eigenvalue weighted by atomic mass is 10.1. The Morgan fingerprint density at radius 1 is 1.00 bits per heavy atom. The molecular weight excluding hydrogens is 240 g/mol. The fraction of sp³-hybridized carbons (Fsp3) is 0. The Kier molecular flexibility index (Phi) is 2.20. The van der Waals surface area contributed by atoms with Crippen molar-refractivity contribution in [1.29, 1.82) is 0 Å². The van der Waals surface area contributed by atoms with Crippen LogP contribution in [0.1, 0.15) is 10.4 Å². The van der Waals surface area contributed by atoms with Crippen molar-refractivity contribution in [3.05, 3.63) is 48.0 Å². The smallest absolute Gasteiger partial charge is 0.253 e. The van der Waals surface area contributed by atoms with Crippen LogP contribution in [0.3, 0.4) is 0 Å². The highest BCUT2D eigenvalue weighted by molar-refractivity contribution is 7.26. The average Bonchev–Trinajstić information content (AvgIpc) is 2.67. The molecule has 78 valence electrons. The van der Waals surface area contributed by atoms with E-state index in [1.54, 1.807) is 17.4 Å². The van der Waals surface area contributed by atoms with E-state index in [9.17, 15) is 4.79 Å². The zero-order valence-electron chi connectivity index (χ0n) is 8.24. The van der Waals surface area contributed by atoms with Crippen molar-refractivity contribution in [2.75, 3.05) is 0 Å². The van der Waals surface area contributed by atoms with Crippen molar-refractivity contribution >= 4 is 48.4 Å². The zero-order chi connectivity index (χ0) is 11.1. The third kappa shape index (κ3) is 1.34. The summed E-state index contributed by atoms with van der Waals surface area (Å²) in [5.74, 6) is 0. The first-order chi connectivity index (χ1) is 7.77. The predicted molar refractivity (Wildman–Crippen MR) is 69.5 cm³/mol. The van der Waals surface area contributed by atoms with Gasteiger partial charge in [0.15, 0.2) is 0 Å². The fourth-order valence-electron chi connectivity index (χ4n) is 1.90. The van der Waals surface area contributed by atoms with E-state index in [0.29, 0.717) is 5.56 Å². The molecule has 0 saturated carbocycles. The van der Waals surface area contributed by atoms with Crippen LogP contribution < -0.4 is 0 Å². The van der Waals surface area contributed by atoms with Gasteiger partial charge < -0.3 is 0 Å². The maximum absolute atomic E-state index is 11.3. The van der Waals surface area contributed by atoms with Gasteiger partial charge in [-0.05, 0) is 23.7 Å². The number of hydrogen-bond donors (Lipinski definition) is 0. The fourth-order valence-corrected chi connectivity index (χ4v) is 3.33. The van der Waals surface area contributed by atoms with E-state index in [4.69, 9.17) is 11.6 Å². The molecule has 3 rings (SSSR count). The van der Waals surface area contributed by atoms with Gasteiger partial charge in [0.2, 0.25) is 0 Å². The largest absolute Gasteiger partial charge is 0.276 e. The molecular formula is C13H7ClOS. The lowest BCUT2D eigenvalue weighted by Crippen LogP contribution is -1.87. The molecule has 3 aromatic rings. The summed E-state index contributed by atoms with van der Waals surface area (Å²) in [6.07, 6.45) is 0. The van der Waals surface area contributed by atoms with Gasteiger partial charge in [-0.2, -0.15) is 0 Å². The van der Waals surface area contributed by atoms with Gasteiger partial charge in [-0.1, -0.05) is 30.3 Å². The second-order valence-corrected chi connectivity index (χ2v) is 4.95. The molecule has 0 spiro atoms. The number of thiophene rings is 1. The minimum atomic E-state index is -0.392. The summed E-state index contributed by atoms with van der Waals surface area (Å²) in [5.41, 5.74) is 0.598. The van der Waals surface area contributed by atoms with Crippen LogP contribution in [0.5, 0.6) is 0 Å². The summed E-state index contributed by atoms with van der Waals surface area (Å²) >= 11 is 7.19. The number of benzene rings is 2. The molecule has 0 saturated heterocycles. The second kappa shape index (κ2) is 3.58. The Balaban J connectivity index is 2.54. The Hall–Kier alpha value is -1.38. The van der Waals surface area contributed by atoms with Crippen LogP contribution in [0.15, 0.2) is 42.5 Å². The van der Waals surface area contributed by atoms with Crippen LogP contribution in [0.2, 0.25) is 0 Å². The molecule has 16 heavy (non-hydrogen) atoms.